The van der Waals surface area contributed by atoms with E-state index >= 15 is 0 Å². The molecule has 0 bridgehead atoms. The van der Waals surface area contributed by atoms with Gasteiger partial charge in [0.25, 0.3) is 0 Å². The topological polar surface area (TPSA) is 120 Å². The Morgan fingerprint density at radius 3 is 2.68 bits per heavy atom. The number of fused-ring (bicyclic) bond motifs is 1. The molecule has 236 valence electrons. The highest BCUT2D eigenvalue weighted by Gasteiger charge is 2.28. The summed E-state index contributed by atoms with van der Waals surface area (Å²) in [6, 6.07) is 7.29. The second-order valence-electron chi connectivity index (χ2n) is 13.9. The van der Waals surface area contributed by atoms with Crippen molar-refractivity contribution in [3.63, 3.8) is 0 Å². The smallest absolute Gasteiger partial charge is 0.410 e. The van der Waals surface area contributed by atoms with Crippen LogP contribution in [0.3, 0.4) is 0 Å². The van der Waals surface area contributed by atoms with Gasteiger partial charge in [0, 0.05) is 69.6 Å². The highest BCUT2D eigenvalue weighted by Crippen LogP contribution is 2.34. The molecule has 4 aromatic rings. The summed E-state index contributed by atoms with van der Waals surface area (Å²) in [5.41, 5.74) is 4.14. The maximum absolute atomic E-state index is 12.7. The monoisotopic (exact) mass is 619 g/mol. The lowest BCUT2D eigenvalue weighted by atomic mass is 10.0. The van der Waals surface area contributed by atoms with E-state index in [1.807, 2.05) is 40.0 Å². The number of carbonyl (C=O) groups is 1. The van der Waals surface area contributed by atoms with Gasteiger partial charge >= 0.3 is 6.09 Å². The van der Waals surface area contributed by atoms with Crippen molar-refractivity contribution >= 4 is 31.0 Å². The molecule has 1 aromatic carbocycles. The SMILES string of the molecule is Cc1nc(-c2ccc3c(-c4nc(N[C@H]5CCCN(C(=O)OC(C)(C)C)C5)ncc4C)cn(COCC[Si](C)(C)C)c3c2)no1. The molecule has 0 unspecified atom stereocenters. The summed E-state index contributed by atoms with van der Waals surface area (Å²) in [5, 5.41) is 8.65. The minimum atomic E-state index is -1.22. The van der Waals surface area contributed by atoms with Gasteiger partial charge in [-0.2, -0.15) is 4.98 Å². The molecular formula is C32H45N7O4Si. The number of aromatic nitrogens is 5. The Bertz CT molecular complexity index is 1620. The first-order valence-electron chi connectivity index (χ1n) is 15.4. The zero-order chi connectivity index (χ0) is 31.6. The lowest BCUT2D eigenvalue weighted by molar-refractivity contribution is 0.0206. The minimum Gasteiger partial charge on any atom is -0.444 e. The molecule has 0 spiro atoms. The Morgan fingerprint density at radius 1 is 1.18 bits per heavy atom. The van der Waals surface area contributed by atoms with E-state index in [-0.39, 0.29) is 12.1 Å². The first-order chi connectivity index (χ1) is 20.8. The third kappa shape index (κ3) is 7.84. The van der Waals surface area contributed by atoms with Gasteiger partial charge in [0.15, 0.2) is 0 Å². The van der Waals surface area contributed by atoms with Crippen LogP contribution in [0.2, 0.25) is 25.7 Å². The minimum absolute atomic E-state index is 0.0221. The van der Waals surface area contributed by atoms with E-state index in [4.69, 9.17) is 19.0 Å². The molecule has 3 aromatic heterocycles. The summed E-state index contributed by atoms with van der Waals surface area (Å²) < 4.78 is 19.1. The molecule has 1 aliphatic rings. The van der Waals surface area contributed by atoms with Crippen molar-refractivity contribution in [3.8, 4) is 22.6 Å². The number of carbonyl (C=O) groups excluding carboxylic acids is 1. The number of aryl methyl sites for hydroxylation is 2. The number of anilines is 1. The quantitative estimate of drug-likeness (QED) is 0.158. The molecule has 4 heterocycles. The molecule has 1 fully saturated rings. The molecule has 1 amide bonds. The Labute approximate surface area is 260 Å². The normalized spacial score (nSPS) is 16.0. The fraction of sp³-hybridized carbons (Fsp3) is 0.531. The molecule has 12 heteroatoms. The van der Waals surface area contributed by atoms with Crippen molar-refractivity contribution in [1.82, 2.24) is 29.6 Å². The standard InChI is InChI=1S/C32H45N7O4Si/c1-21-17-33-30(35-24-10-9-13-38(18-24)31(40)42-32(3,4)5)36-28(21)26-19-39(20-41-14-15-44(6,7)8)27-16-23(11-12-25(26)27)29-34-22(2)43-37-29/h11-12,16-17,19,24H,9-10,13-15,18,20H2,1-8H3,(H,33,35,36)/t24-/m0/s1. The van der Waals surface area contributed by atoms with Crippen LogP contribution in [-0.4, -0.2) is 75.1 Å². The van der Waals surface area contributed by atoms with Crippen LogP contribution < -0.4 is 5.32 Å². The Hall–Kier alpha value is -3.77. The molecule has 1 saturated heterocycles. The first kappa shape index (κ1) is 31.6. The molecule has 0 aliphatic carbocycles. The highest BCUT2D eigenvalue weighted by molar-refractivity contribution is 6.76. The number of nitrogens with zero attached hydrogens (tertiary/aromatic N) is 6. The predicted molar refractivity (Wildman–Crippen MR) is 174 cm³/mol. The van der Waals surface area contributed by atoms with Crippen molar-refractivity contribution in [3.05, 3.63) is 42.0 Å². The van der Waals surface area contributed by atoms with Gasteiger partial charge in [-0.3, -0.25) is 0 Å². The zero-order valence-electron chi connectivity index (χ0n) is 27.2. The molecule has 5 rings (SSSR count). The summed E-state index contributed by atoms with van der Waals surface area (Å²) in [5.74, 6) is 1.61. The Morgan fingerprint density at radius 2 is 1.98 bits per heavy atom. The first-order valence-corrected chi connectivity index (χ1v) is 19.1. The number of rotatable bonds is 9. The number of benzene rings is 1. The van der Waals surface area contributed by atoms with E-state index in [9.17, 15) is 4.79 Å². The van der Waals surface area contributed by atoms with Crippen molar-refractivity contribution in [2.45, 2.75) is 91.5 Å². The van der Waals surface area contributed by atoms with Crippen molar-refractivity contribution in [2.75, 3.05) is 25.0 Å². The van der Waals surface area contributed by atoms with Crippen molar-refractivity contribution in [2.24, 2.45) is 0 Å². The average molecular weight is 620 g/mol. The highest BCUT2D eigenvalue weighted by atomic mass is 28.3. The molecule has 1 N–H and O–H groups in total. The van der Waals surface area contributed by atoms with Crippen LogP contribution in [0.4, 0.5) is 10.7 Å². The fourth-order valence-electron chi connectivity index (χ4n) is 5.24. The van der Waals surface area contributed by atoms with Crippen molar-refractivity contribution in [1.29, 1.82) is 0 Å². The molecule has 0 radical (unpaired) electrons. The van der Waals surface area contributed by atoms with Gasteiger partial charge < -0.3 is 28.8 Å². The lowest BCUT2D eigenvalue weighted by Crippen LogP contribution is -2.47. The van der Waals surface area contributed by atoms with E-state index in [1.165, 1.54) is 0 Å². The van der Waals surface area contributed by atoms with Gasteiger partial charge in [-0.25, -0.2) is 14.8 Å². The van der Waals surface area contributed by atoms with Gasteiger partial charge in [-0.1, -0.05) is 36.9 Å². The number of piperidine rings is 1. The van der Waals surface area contributed by atoms with Crippen molar-refractivity contribution < 1.29 is 18.8 Å². The summed E-state index contributed by atoms with van der Waals surface area (Å²) in [4.78, 5) is 28.5. The average Bonchev–Trinajstić information content (AvgIpc) is 3.54. The molecule has 11 nitrogen and oxygen atoms in total. The molecule has 0 saturated carbocycles. The van der Waals surface area contributed by atoms with Crippen LogP contribution in [0.25, 0.3) is 33.5 Å². The van der Waals surface area contributed by atoms with Crippen LogP contribution in [0.1, 0.15) is 45.1 Å². The lowest BCUT2D eigenvalue weighted by Gasteiger charge is -2.34. The maximum atomic E-state index is 12.7. The van der Waals surface area contributed by atoms with E-state index in [1.54, 1.807) is 11.8 Å². The molecule has 1 aliphatic heterocycles. The van der Waals surface area contributed by atoms with Gasteiger partial charge in [-0.05, 0) is 58.2 Å². The van der Waals surface area contributed by atoms with Gasteiger partial charge in [-0.15, -0.1) is 0 Å². The number of nitrogens with one attached hydrogen (secondary N) is 1. The largest absolute Gasteiger partial charge is 0.444 e. The number of ether oxygens (including phenoxy) is 2. The predicted octanol–water partition coefficient (Wildman–Crippen LogP) is 6.89. The molecular weight excluding hydrogens is 574 g/mol. The number of amides is 1. The van der Waals surface area contributed by atoms with Crippen LogP contribution in [0.5, 0.6) is 0 Å². The Balaban J connectivity index is 1.42. The van der Waals surface area contributed by atoms with E-state index in [2.05, 4.69) is 63.0 Å². The molecule has 44 heavy (non-hydrogen) atoms. The second kappa shape index (κ2) is 12.7. The number of hydrogen-bond donors (Lipinski definition) is 1. The summed E-state index contributed by atoms with van der Waals surface area (Å²) >= 11 is 0. The zero-order valence-corrected chi connectivity index (χ0v) is 28.2. The fourth-order valence-corrected chi connectivity index (χ4v) is 6.00. The second-order valence-corrected chi connectivity index (χ2v) is 19.5. The number of likely N-dealkylation sites (tertiary alicyclic amines) is 1. The van der Waals surface area contributed by atoms with Gasteiger partial charge in [0.1, 0.15) is 12.3 Å². The maximum Gasteiger partial charge on any atom is 0.410 e. The van der Waals surface area contributed by atoms with Gasteiger partial charge in [0.2, 0.25) is 17.7 Å². The van der Waals surface area contributed by atoms with Crippen LogP contribution >= 0.6 is 0 Å². The van der Waals surface area contributed by atoms with E-state index < -0.39 is 13.7 Å². The summed E-state index contributed by atoms with van der Waals surface area (Å²) in [7, 11) is -1.22. The van der Waals surface area contributed by atoms with Crippen LogP contribution in [-0.2, 0) is 16.2 Å². The van der Waals surface area contributed by atoms with Gasteiger partial charge in [0.05, 0.1) is 11.2 Å². The third-order valence-corrected chi connectivity index (χ3v) is 9.23. The summed E-state index contributed by atoms with van der Waals surface area (Å²) in [6.45, 7) is 18.9. The Kier molecular flexibility index (Phi) is 9.12. The van der Waals surface area contributed by atoms with E-state index in [0.29, 0.717) is 37.5 Å². The van der Waals surface area contributed by atoms with E-state index in [0.717, 1.165) is 58.8 Å². The summed E-state index contributed by atoms with van der Waals surface area (Å²) in [6.07, 6.45) is 5.46. The third-order valence-electron chi connectivity index (χ3n) is 7.53. The number of hydrogen-bond acceptors (Lipinski definition) is 9. The molecule has 1 atom stereocenters. The van der Waals surface area contributed by atoms with Crippen LogP contribution in [0.15, 0.2) is 35.1 Å². The van der Waals surface area contributed by atoms with Crippen LogP contribution in [0, 0.1) is 13.8 Å².